The maximum absolute atomic E-state index is 12.8. The summed E-state index contributed by atoms with van der Waals surface area (Å²) in [6.45, 7) is -0.434. The van der Waals surface area contributed by atoms with Crippen LogP contribution in [0.2, 0.25) is 0 Å². The highest BCUT2D eigenvalue weighted by atomic mass is 19.4. The normalized spacial score (nSPS) is 15.1. The van der Waals surface area contributed by atoms with E-state index in [1.807, 2.05) is 0 Å². The number of hydrogen-bond donors (Lipinski definition) is 2. The first-order valence-corrected chi connectivity index (χ1v) is 5.58. The largest absolute Gasteiger partial charge is 0.486 e. The molecule has 0 aliphatic carbocycles. The van der Waals surface area contributed by atoms with Crippen molar-refractivity contribution < 1.29 is 27.8 Å². The molecule has 0 fully saturated rings. The zero-order chi connectivity index (χ0) is 14.5. The van der Waals surface area contributed by atoms with Crippen LogP contribution in [0.25, 0.3) is 0 Å². The van der Waals surface area contributed by atoms with Crippen molar-refractivity contribution in [1.82, 2.24) is 0 Å². The molecule has 0 radical (unpaired) electrons. The number of ether oxygens (including phenoxy) is 2. The van der Waals surface area contributed by atoms with Crippen LogP contribution in [0.5, 0.6) is 5.75 Å². The maximum atomic E-state index is 12.8. The topological polar surface area (TPSA) is 64.7 Å². The molecule has 1 aromatic rings. The van der Waals surface area contributed by atoms with Crippen molar-refractivity contribution in [2.75, 3.05) is 20.3 Å². The van der Waals surface area contributed by atoms with Crippen LogP contribution in [-0.2, 0) is 10.9 Å². The molecule has 1 rings (SSSR count). The third-order valence-corrected chi connectivity index (χ3v) is 2.49. The molecule has 2 unspecified atom stereocenters. The number of aliphatic hydroxyl groups excluding tert-OH is 1. The van der Waals surface area contributed by atoms with E-state index in [4.69, 9.17) is 20.3 Å². The Labute approximate surface area is 108 Å². The van der Waals surface area contributed by atoms with Crippen LogP contribution in [0.1, 0.15) is 5.56 Å². The van der Waals surface area contributed by atoms with Crippen LogP contribution in [0.3, 0.4) is 0 Å². The number of halogens is 3. The molecule has 0 amide bonds. The van der Waals surface area contributed by atoms with E-state index in [0.717, 1.165) is 6.07 Å². The van der Waals surface area contributed by atoms with Gasteiger partial charge in [-0.05, 0) is 12.1 Å². The zero-order valence-corrected chi connectivity index (χ0v) is 10.4. The minimum absolute atomic E-state index is 0.0689. The van der Waals surface area contributed by atoms with E-state index in [-0.39, 0.29) is 12.4 Å². The van der Waals surface area contributed by atoms with E-state index in [9.17, 15) is 13.2 Å². The second-order valence-corrected chi connectivity index (χ2v) is 3.95. The van der Waals surface area contributed by atoms with E-state index >= 15 is 0 Å². The lowest BCUT2D eigenvalue weighted by Gasteiger charge is -2.24. The highest BCUT2D eigenvalue weighted by Crippen LogP contribution is 2.36. The number of alkyl halides is 3. The lowest BCUT2D eigenvalue weighted by molar-refractivity contribution is -0.139. The Bertz CT molecular complexity index is 398. The molecule has 4 nitrogen and oxygen atoms in total. The van der Waals surface area contributed by atoms with Crippen LogP contribution >= 0.6 is 0 Å². The molecule has 0 heterocycles. The molecule has 0 spiro atoms. The van der Waals surface area contributed by atoms with Crippen molar-refractivity contribution >= 4 is 0 Å². The summed E-state index contributed by atoms with van der Waals surface area (Å²) in [5.41, 5.74) is 4.75. The fraction of sp³-hybridized carbons (Fsp3) is 0.500. The van der Waals surface area contributed by atoms with Gasteiger partial charge >= 0.3 is 6.18 Å². The predicted octanol–water partition coefficient (Wildman–Crippen LogP) is 1.42. The molecule has 2 atom stereocenters. The van der Waals surface area contributed by atoms with E-state index in [1.165, 1.54) is 25.3 Å². The van der Waals surface area contributed by atoms with Crippen LogP contribution in [0.4, 0.5) is 13.2 Å². The average molecular weight is 279 g/mol. The lowest BCUT2D eigenvalue weighted by Crippen LogP contribution is -2.44. The molecule has 0 bridgehead atoms. The first-order valence-electron chi connectivity index (χ1n) is 5.58. The summed E-state index contributed by atoms with van der Waals surface area (Å²) in [6, 6.07) is 4.05. The van der Waals surface area contributed by atoms with Crippen molar-refractivity contribution in [2.24, 2.45) is 5.73 Å². The number of benzene rings is 1. The molecule has 7 heteroatoms. The minimum Gasteiger partial charge on any atom is -0.486 e. The molecule has 0 saturated heterocycles. The monoisotopic (exact) mass is 279 g/mol. The summed E-state index contributed by atoms with van der Waals surface area (Å²) in [4.78, 5) is 0. The second kappa shape index (κ2) is 6.74. The molecule has 0 aliphatic heterocycles. The minimum atomic E-state index is -4.53. The first-order chi connectivity index (χ1) is 8.90. The summed E-state index contributed by atoms with van der Waals surface area (Å²) in [6.07, 6.45) is -5.49. The lowest BCUT2D eigenvalue weighted by atomic mass is 10.1. The van der Waals surface area contributed by atoms with E-state index in [1.54, 1.807) is 0 Å². The Balaban J connectivity index is 2.91. The molecule has 1 aromatic carbocycles. The van der Waals surface area contributed by atoms with Gasteiger partial charge in [-0.15, -0.1) is 0 Å². The van der Waals surface area contributed by atoms with Crippen LogP contribution in [0.15, 0.2) is 24.3 Å². The van der Waals surface area contributed by atoms with Gasteiger partial charge in [0.05, 0.1) is 24.8 Å². The quantitative estimate of drug-likeness (QED) is 0.826. The van der Waals surface area contributed by atoms with Gasteiger partial charge in [0.25, 0.3) is 0 Å². The molecule has 0 aromatic heterocycles. The summed E-state index contributed by atoms with van der Waals surface area (Å²) in [7, 11) is 1.40. The fourth-order valence-corrected chi connectivity index (χ4v) is 1.53. The number of hydrogen-bond acceptors (Lipinski definition) is 4. The summed E-state index contributed by atoms with van der Waals surface area (Å²) in [5.74, 6) is -0.361. The summed E-state index contributed by atoms with van der Waals surface area (Å²) in [5, 5.41) is 9.14. The number of para-hydroxylation sites is 1. The zero-order valence-electron chi connectivity index (χ0n) is 10.4. The van der Waals surface area contributed by atoms with Crippen LogP contribution in [-0.4, -0.2) is 37.6 Å². The predicted molar refractivity (Wildman–Crippen MR) is 62.8 cm³/mol. The third kappa shape index (κ3) is 4.38. The number of rotatable bonds is 6. The van der Waals surface area contributed by atoms with Gasteiger partial charge in [0.15, 0.2) is 0 Å². The smallest absolute Gasteiger partial charge is 0.419 e. The Kier molecular flexibility index (Phi) is 5.59. The number of nitrogens with two attached hydrogens (primary N) is 1. The van der Waals surface area contributed by atoms with Crippen molar-refractivity contribution in [3.63, 3.8) is 0 Å². The molecule has 0 aliphatic rings. The summed E-state index contributed by atoms with van der Waals surface area (Å²) < 4.78 is 48.2. The molecule has 108 valence electrons. The SMILES string of the molecule is COCC(N)C(CO)Oc1ccccc1C(F)(F)F. The summed E-state index contributed by atoms with van der Waals surface area (Å²) >= 11 is 0. The van der Waals surface area contributed by atoms with Crippen LogP contribution < -0.4 is 10.5 Å². The van der Waals surface area contributed by atoms with E-state index in [2.05, 4.69) is 0 Å². The highest BCUT2D eigenvalue weighted by molar-refractivity contribution is 5.35. The highest BCUT2D eigenvalue weighted by Gasteiger charge is 2.35. The Morgan fingerprint density at radius 2 is 1.95 bits per heavy atom. The Hall–Kier alpha value is -1.31. The van der Waals surface area contributed by atoms with Gasteiger partial charge in [-0.25, -0.2) is 0 Å². The first kappa shape index (κ1) is 15.7. The van der Waals surface area contributed by atoms with Gasteiger partial charge in [-0.3, -0.25) is 0 Å². The van der Waals surface area contributed by atoms with Crippen molar-refractivity contribution in [3.8, 4) is 5.75 Å². The third-order valence-electron chi connectivity index (χ3n) is 2.49. The van der Waals surface area contributed by atoms with Crippen molar-refractivity contribution in [3.05, 3.63) is 29.8 Å². The molecule has 3 N–H and O–H groups in total. The fourth-order valence-electron chi connectivity index (χ4n) is 1.53. The Morgan fingerprint density at radius 1 is 1.32 bits per heavy atom. The maximum Gasteiger partial charge on any atom is 0.419 e. The van der Waals surface area contributed by atoms with Crippen molar-refractivity contribution in [1.29, 1.82) is 0 Å². The molecule has 0 saturated carbocycles. The van der Waals surface area contributed by atoms with Gasteiger partial charge in [0.2, 0.25) is 0 Å². The van der Waals surface area contributed by atoms with E-state index in [0.29, 0.717) is 0 Å². The molecule has 19 heavy (non-hydrogen) atoms. The van der Waals surface area contributed by atoms with Gasteiger partial charge in [-0.2, -0.15) is 13.2 Å². The number of methoxy groups -OCH3 is 1. The van der Waals surface area contributed by atoms with Gasteiger partial charge in [0.1, 0.15) is 11.9 Å². The van der Waals surface area contributed by atoms with Crippen molar-refractivity contribution in [2.45, 2.75) is 18.3 Å². The average Bonchev–Trinajstić information content (AvgIpc) is 2.35. The van der Waals surface area contributed by atoms with Gasteiger partial charge in [-0.1, -0.05) is 12.1 Å². The van der Waals surface area contributed by atoms with E-state index < -0.39 is 30.5 Å². The Morgan fingerprint density at radius 3 is 2.47 bits per heavy atom. The van der Waals surface area contributed by atoms with Crippen LogP contribution in [0, 0.1) is 0 Å². The second-order valence-electron chi connectivity index (χ2n) is 3.95. The molecular formula is C12H16F3NO3. The van der Waals surface area contributed by atoms with Gasteiger partial charge in [0, 0.05) is 7.11 Å². The standard InChI is InChI=1S/C12H16F3NO3/c1-18-7-9(16)11(6-17)19-10-5-3-2-4-8(10)12(13,14)15/h2-5,9,11,17H,6-7,16H2,1H3. The number of aliphatic hydroxyl groups is 1. The van der Waals surface area contributed by atoms with Gasteiger partial charge < -0.3 is 20.3 Å². The molecular weight excluding hydrogens is 263 g/mol.